The molecule has 0 aliphatic heterocycles. The van der Waals surface area contributed by atoms with Crippen molar-refractivity contribution < 1.29 is 9.53 Å². The molecule has 0 spiro atoms. The number of carbonyl (C=O) groups is 1. The van der Waals surface area contributed by atoms with Crippen LogP contribution in [0.1, 0.15) is 15.9 Å². The summed E-state index contributed by atoms with van der Waals surface area (Å²) < 4.78 is 5.88. The highest BCUT2D eigenvalue weighted by Crippen LogP contribution is 2.23. The van der Waals surface area contributed by atoms with Gasteiger partial charge >= 0.3 is 0 Å². The molecule has 3 aromatic rings. The van der Waals surface area contributed by atoms with Crippen molar-refractivity contribution in [1.29, 1.82) is 0 Å². The van der Waals surface area contributed by atoms with Gasteiger partial charge in [0.15, 0.2) is 0 Å². The van der Waals surface area contributed by atoms with Crippen molar-refractivity contribution in [3.05, 3.63) is 96.1 Å². The van der Waals surface area contributed by atoms with Crippen molar-refractivity contribution in [2.75, 3.05) is 11.9 Å². The van der Waals surface area contributed by atoms with Gasteiger partial charge in [0, 0.05) is 12.7 Å². The lowest BCUT2D eigenvalue weighted by Gasteiger charge is -2.19. The molecule has 3 heteroatoms. The van der Waals surface area contributed by atoms with Gasteiger partial charge in [-0.25, -0.2) is 0 Å². The molecule has 0 N–H and O–H groups in total. The SMILES string of the molecule is CN(C(=O)c1ccccc1OCc1ccccc1)c1ccccc1. The van der Waals surface area contributed by atoms with E-state index >= 15 is 0 Å². The largest absolute Gasteiger partial charge is 0.488 e. The van der Waals surface area contributed by atoms with Gasteiger partial charge in [0.25, 0.3) is 5.91 Å². The number of nitrogens with zero attached hydrogens (tertiary/aromatic N) is 1. The summed E-state index contributed by atoms with van der Waals surface area (Å²) in [7, 11) is 1.77. The molecule has 0 heterocycles. The maximum atomic E-state index is 12.8. The highest BCUT2D eigenvalue weighted by Gasteiger charge is 2.17. The fourth-order valence-corrected chi connectivity index (χ4v) is 2.45. The second-order valence-corrected chi connectivity index (χ2v) is 5.47. The van der Waals surface area contributed by atoms with Crippen LogP contribution in [0, 0.1) is 0 Å². The van der Waals surface area contributed by atoms with Crippen molar-refractivity contribution in [2.45, 2.75) is 6.61 Å². The number of para-hydroxylation sites is 2. The van der Waals surface area contributed by atoms with Crippen LogP contribution in [0.5, 0.6) is 5.75 Å². The van der Waals surface area contributed by atoms with E-state index in [0.29, 0.717) is 17.9 Å². The highest BCUT2D eigenvalue weighted by atomic mass is 16.5. The maximum absolute atomic E-state index is 12.8. The second-order valence-electron chi connectivity index (χ2n) is 5.47. The predicted molar refractivity (Wildman–Crippen MR) is 96.4 cm³/mol. The van der Waals surface area contributed by atoms with Crippen LogP contribution in [0.4, 0.5) is 5.69 Å². The minimum atomic E-state index is -0.0927. The first kappa shape index (κ1) is 15.8. The molecule has 0 bridgehead atoms. The molecule has 0 fully saturated rings. The Morgan fingerprint density at radius 1 is 0.833 bits per heavy atom. The molecule has 0 aromatic heterocycles. The van der Waals surface area contributed by atoms with Gasteiger partial charge in [-0.15, -0.1) is 0 Å². The smallest absolute Gasteiger partial charge is 0.261 e. The summed E-state index contributed by atoms with van der Waals surface area (Å²) in [4.78, 5) is 14.5. The third-order valence-electron chi connectivity index (χ3n) is 3.80. The van der Waals surface area contributed by atoms with Crippen molar-refractivity contribution >= 4 is 11.6 Å². The average molecular weight is 317 g/mol. The molecule has 24 heavy (non-hydrogen) atoms. The van der Waals surface area contributed by atoms with E-state index in [1.807, 2.05) is 78.9 Å². The van der Waals surface area contributed by atoms with Crippen molar-refractivity contribution in [1.82, 2.24) is 0 Å². The van der Waals surface area contributed by atoms with Gasteiger partial charge < -0.3 is 9.64 Å². The van der Waals surface area contributed by atoms with Crippen LogP contribution in [0.25, 0.3) is 0 Å². The summed E-state index contributed by atoms with van der Waals surface area (Å²) in [6.45, 7) is 0.431. The molecule has 0 atom stereocenters. The Hall–Kier alpha value is -3.07. The normalized spacial score (nSPS) is 10.2. The summed E-state index contributed by atoms with van der Waals surface area (Å²) in [6, 6.07) is 26.8. The fraction of sp³-hybridized carbons (Fsp3) is 0.0952. The van der Waals surface area contributed by atoms with Crippen LogP contribution >= 0.6 is 0 Å². The van der Waals surface area contributed by atoms with E-state index in [1.54, 1.807) is 18.0 Å². The highest BCUT2D eigenvalue weighted by molar-refractivity contribution is 6.07. The van der Waals surface area contributed by atoms with Crippen molar-refractivity contribution in [3.8, 4) is 5.75 Å². The second kappa shape index (κ2) is 7.47. The van der Waals surface area contributed by atoms with E-state index in [1.165, 1.54) is 0 Å². The van der Waals surface area contributed by atoms with E-state index in [0.717, 1.165) is 11.3 Å². The first-order chi connectivity index (χ1) is 11.8. The molecule has 0 aliphatic rings. The number of benzene rings is 3. The lowest BCUT2D eigenvalue weighted by Crippen LogP contribution is -2.26. The van der Waals surface area contributed by atoms with Crippen LogP contribution in [0.2, 0.25) is 0 Å². The third kappa shape index (κ3) is 3.63. The van der Waals surface area contributed by atoms with Crippen molar-refractivity contribution in [3.63, 3.8) is 0 Å². The Bertz CT molecular complexity index is 800. The number of hydrogen-bond acceptors (Lipinski definition) is 2. The van der Waals surface area contributed by atoms with E-state index < -0.39 is 0 Å². The van der Waals surface area contributed by atoms with E-state index in [-0.39, 0.29) is 5.91 Å². The molecule has 3 rings (SSSR count). The van der Waals surface area contributed by atoms with Gasteiger partial charge in [0.1, 0.15) is 12.4 Å². The Kier molecular flexibility index (Phi) is 4.92. The Morgan fingerprint density at radius 3 is 2.12 bits per heavy atom. The van der Waals surface area contributed by atoms with Gasteiger partial charge in [-0.1, -0.05) is 60.7 Å². The zero-order valence-corrected chi connectivity index (χ0v) is 13.6. The van der Waals surface area contributed by atoms with E-state index in [4.69, 9.17) is 4.74 Å². The summed E-state index contributed by atoms with van der Waals surface area (Å²) in [5.74, 6) is 0.499. The number of hydrogen-bond donors (Lipinski definition) is 0. The van der Waals surface area contributed by atoms with E-state index in [9.17, 15) is 4.79 Å². The van der Waals surface area contributed by atoms with Crippen molar-refractivity contribution in [2.24, 2.45) is 0 Å². The topological polar surface area (TPSA) is 29.5 Å². The number of rotatable bonds is 5. The van der Waals surface area contributed by atoms with Crippen LogP contribution < -0.4 is 9.64 Å². The molecule has 0 aliphatic carbocycles. The quantitative estimate of drug-likeness (QED) is 0.691. The fourth-order valence-electron chi connectivity index (χ4n) is 2.45. The Morgan fingerprint density at radius 2 is 1.42 bits per heavy atom. The summed E-state index contributed by atoms with van der Waals surface area (Å²) in [5, 5.41) is 0. The van der Waals surface area contributed by atoms with Crippen LogP contribution in [-0.2, 0) is 6.61 Å². The number of ether oxygens (including phenoxy) is 1. The van der Waals surface area contributed by atoms with Gasteiger partial charge in [-0.05, 0) is 29.8 Å². The summed E-state index contributed by atoms with van der Waals surface area (Å²) in [6.07, 6.45) is 0. The molecule has 120 valence electrons. The number of amides is 1. The minimum absolute atomic E-state index is 0.0927. The third-order valence-corrected chi connectivity index (χ3v) is 3.80. The average Bonchev–Trinajstić information content (AvgIpc) is 2.67. The molecule has 0 saturated carbocycles. The monoisotopic (exact) mass is 317 g/mol. The molecule has 0 radical (unpaired) electrons. The molecule has 0 saturated heterocycles. The molecule has 3 nitrogen and oxygen atoms in total. The predicted octanol–water partition coefficient (Wildman–Crippen LogP) is 4.54. The lowest BCUT2D eigenvalue weighted by molar-refractivity contribution is 0.0988. The standard InChI is InChI=1S/C21H19NO2/c1-22(18-12-6-3-7-13-18)21(23)19-14-8-9-15-20(19)24-16-17-10-4-2-5-11-17/h2-15H,16H2,1H3. The molecule has 0 unspecified atom stereocenters. The van der Waals surface area contributed by atoms with Gasteiger partial charge in [0.05, 0.1) is 5.56 Å². The van der Waals surface area contributed by atoms with E-state index in [2.05, 4.69) is 0 Å². The van der Waals surface area contributed by atoms with Gasteiger partial charge in [0.2, 0.25) is 0 Å². The van der Waals surface area contributed by atoms with Gasteiger partial charge in [-0.3, -0.25) is 4.79 Å². The van der Waals surface area contributed by atoms with Crippen LogP contribution in [-0.4, -0.2) is 13.0 Å². The summed E-state index contributed by atoms with van der Waals surface area (Å²) in [5.41, 5.74) is 2.47. The molecular formula is C21H19NO2. The zero-order valence-electron chi connectivity index (χ0n) is 13.6. The maximum Gasteiger partial charge on any atom is 0.261 e. The van der Waals surface area contributed by atoms with Gasteiger partial charge in [-0.2, -0.15) is 0 Å². The Labute approximate surface area is 142 Å². The lowest BCUT2D eigenvalue weighted by atomic mass is 10.1. The molecule has 3 aromatic carbocycles. The molecule has 1 amide bonds. The number of carbonyl (C=O) groups excluding carboxylic acids is 1. The summed E-state index contributed by atoms with van der Waals surface area (Å²) >= 11 is 0. The molecular weight excluding hydrogens is 298 g/mol. The Balaban J connectivity index is 1.79. The van der Waals surface area contributed by atoms with Crippen LogP contribution in [0.3, 0.4) is 0 Å². The first-order valence-electron chi connectivity index (χ1n) is 7.84. The zero-order chi connectivity index (χ0) is 16.8. The minimum Gasteiger partial charge on any atom is -0.488 e. The van der Waals surface area contributed by atoms with Crippen LogP contribution in [0.15, 0.2) is 84.9 Å². The first-order valence-corrected chi connectivity index (χ1v) is 7.84. The number of anilines is 1.